The summed E-state index contributed by atoms with van der Waals surface area (Å²) in [5, 5.41) is 20.4. The van der Waals surface area contributed by atoms with Crippen LogP contribution >= 0.6 is 0 Å². The molecule has 0 aromatic heterocycles. The van der Waals surface area contributed by atoms with Gasteiger partial charge in [-0.2, -0.15) is 8.42 Å². The maximum absolute atomic E-state index is 10.7. The van der Waals surface area contributed by atoms with Gasteiger partial charge in [-0.05, 0) is 24.3 Å². The normalized spacial score (nSPS) is 13.4. The van der Waals surface area contributed by atoms with Crippen LogP contribution in [0.25, 0.3) is 0 Å². The highest BCUT2D eigenvalue weighted by Crippen LogP contribution is 2.13. The maximum Gasteiger partial charge on any atom is 0.294 e. The standard InChI is InChI=1S/C9H13NO5S/c11-6-8(12)5-10-7-1-3-9(4-2-7)16(13,14)15/h1-4,8,10-12H,5-6H2,(H,13,14,15). The molecule has 1 unspecified atom stereocenters. The Kier molecular flexibility index (Phi) is 4.25. The third kappa shape index (κ3) is 3.78. The summed E-state index contributed by atoms with van der Waals surface area (Å²) in [4.78, 5) is -0.194. The molecule has 0 saturated heterocycles. The van der Waals surface area contributed by atoms with Gasteiger partial charge in [0.1, 0.15) is 0 Å². The second-order valence-corrected chi connectivity index (χ2v) is 4.64. The Labute approximate surface area is 93.3 Å². The van der Waals surface area contributed by atoms with Gasteiger partial charge < -0.3 is 15.5 Å². The lowest BCUT2D eigenvalue weighted by atomic mass is 10.3. The number of aliphatic hydroxyl groups excluding tert-OH is 2. The van der Waals surface area contributed by atoms with E-state index in [4.69, 9.17) is 14.8 Å². The van der Waals surface area contributed by atoms with Gasteiger partial charge in [0, 0.05) is 12.2 Å². The molecular weight excluding hydrogens is 234 g/mol. The molecule has 0 amide bonds. The molecule has 0 spiro atoms. The summed E-state index contributed by atoms with van der Waals surface area (Å²) in [7, 11) is -4.17. The van der Waals surface area contributed by atoms with Gasteiger partial charge in [0.15, 0.2) is 0 Å². The number of hydrogen-bond donors (Lipinski definition) is 4. The van der Waals surface area contributed by atoms with Gasteiger partial charge in [0.05, 0.1) is 17.6 Å². The van der Waals surface area contributed by atoms with Gasteiger partial charge in [0.25, 0.3) is 10.1 Å². The average Bonchev–Trinajstić information content (AvgIpc) is 2.25. The van der Waals surface area contributed by atoms with Crippen molar-refractivity contribution in [2.45, 2.75) is 11.0 Å². The first-order chi connectivity index (χ1) is 7.43. The molecule has 0 aliphatic rings. The molecule has 16 heavy (non-hydrogen) atoms. The summed E-state index contributed by atoms with van der Waals surface area (Å²) >= 11 is 0. The molecule has 0 aliphatic carbocycles. The highest BCUT2D eigenvalue weighted by molar-refractivity contribution is 7.85. The maximum atomic E-state index is 10.7. The van der Waals surface area contributed by atoms with E-state index in [0.29, 0.717) is 5.69 Å². The third-order valence-corrected chi connectivity index (χ3v) is 2.77. The van der Waals surface area contributed by atoms with E-state index < -0.39 is 16.2 Å². The van der Waals surface area contributed by atoms with Crippen molar-refractivity contribution in [1.82, 2.24) is 0 Å². The summed E-state index contributed by atoms with van der Waals surface area (Å²) in [5.74, 6) is 0. The highest BCUT2D eigenvalue weighted by Gasteiger charge is 2.08. The lowest BCUT2D eigenvalue weighted by Gasteiger charge is -2.10. The molecule has 6 nitrogen and oxygen atoms in total. The molecule has 0 fully saturated rings. The van der Waals surface area contributed by atoms with Crippen LogP contribution in [0.2, 0.25) is 0 Å². The van der Waals surface area contributed by atoms with Crippen molar-refractivity contribution in [3.8, 4) is 0 Å². The van der Waals surface area contributed by atoms with E-state index in [2.05, 4.69) is 5.32 Å². The van der Waals surface area contributed by atoms with Crippen molar-refractivity contribution in [1.29, 1.82) is 0 Å². The van der Waals surface area contributed by atoms with Crippen molar-refractivity contribution < 1.29 is 23.2 Å². The Hall–Kier alpha value is -1.15. The monoisotopic (exact) mass is 247 g/mol. The van der Waals surface area contributed by atoms with Crippen LogP contribution in [0.5, 0.6) is 0 Å². The van der Waals surface area contributed by atoms with E-state index >= 15 is 0 Å². The molecule has 1 aromatic rings. The molecule has 0 bridgehead atoms. The predicted molar refractivity (Wildman–Crippen MR) is 57.8 cm³/mol. The van der Waals surface area contributed by atoms with Gasteiger partial charge in [-0.25, -0.2) is 0 Å². The molecule has 1 atom stereocenters. The van der Waals surface area contributed by atoms with Crippen LogP contribution in [0.3, 0.4) is 0 Å². The lowest BCUT2D eigenvalue weighted by Crippen LogP contribution is -2.22. The molecule has 0 aliphatic heterocycles. The molecule has 1 aromatic carbocycles. The zero-order valence-electron chi connectivity index (χ0n) is 8.37. The number of rotatable bonds is 5. The average molecular weight is 247 g/mol. The number of aliphatic hydroxyl groups is 2. The number of nitrogens with one attached hydrogen (secondary N) is 1. The molecule has 90 valence electrons. The summed E-state index contributed by atoms with van der Waals surface area (Å²) in [6.07, 6.45) is -0.874. The van der Waals surface area contributed by atoms with Gasteiger partial charge in [-0.15, -0.1) is 0 Å². The summed E-state index contributed by atoms with van der Waals surface area (Å²) in [6.45, 7) is -0.197. The molecule has 7 heteroatoms. The van der Waals surface area contributed by atoms with Crippen LogP contribution in [-0.2, 0) is 10.1 Å². The molecule has 0 radical (unpaired) electrons. The third-order valence-electron chi connectivity index (χ3n) is 1.90. The zero-order chi connectivity index (χ0) is 12.2. The van der Waals surface area contributed by atoms with E-state index in [1.807, 2.05) is 0 Å². The van der Waals surface area contributed by atoms with Crippen LogP contribution < -0.4 is 5.32 Å². The Bertz CT molecular complexity index is 428. The van der Waals surface area contributed by atoms with E-state index in [1.165, 1.54) is 24.3 Å². The molecular formula is C9H13NO5S. The Balaban J connectivity index is 2.66. The van der Waals surface area contributed by atoms with Crippen molar-refractivity contribution in [3.05, 3.63) is 24.3 Å². The SMILES string of the molecule is O=S(=O)(O)c1ccc(NCC(O)CO)cc1. The fourth-order valence-corrected chi connectivity index (χ4v) is 1.52. The lowest BCUT2D eigenvalue weighted by molar-refractivity contribution is 0.105. The number of anilines is 1. The van der Waals surface area contributed by atoms with Crippen LogP contribution in [0.1, 0.15) is 0 Å². The van der Waals surface area contributed by atoms with Crippen molar-refractivity contribution >= 4 is 15.8 Å². The minimum absolute atomic E-state index is 0.154. The van der Waals surface area contributed by atoms with Crippen molar-refractivity contribution in [2.75, 3.05) is 18.5 Å². The number of benzene rings is 1. The van der Waals surface area contributed by atoms with E-state index in [0.717, 1.165) is 0 Å². The minimum atomic E-state index is -4.17. The highest BCUT2D eigenvalue weighted by atomic mass is 32.2. The van der Waals surface area contributed by atoms with E-state index in [9.17, 15) is 8.42 Å². The van der Waals surface area contributed by atoms with Crippen LogP contribution in [0.15, 0.2) is 29.2 Å². The smallest absolute Gasteiger partial charge is 0.294 e. The van der Waals surface area contributed by atoms with E-state index in [1.54, 1.807) is 0 Å². The number of hydrogen-bond acceptors (Lipinski definition) is 5. The summed E-state index contributed by atoms with van der Waals surface area (Å²) < 4.78 is 30.2. The summed E-state index contributed by atoms with van der Waals surface area (Å²) in [5.41, 5.74) is 0.583. The predicted octanol–water partition coefficient (Wildman–Crippen LogP) is -0.302. The summed E-state index contributed by atoms with van der Waals surface area (Å²) in [6, 6.07) is 5.38. The van der Waals surface area contributed by atoms with Crippen molar-refractivity contribution in [3.63, 3.8) is 0 Å². The molecule has 0 saturated carbocycles. The molecule has 0 heterocycles. The van der Waals surface area contributed by atoms with Crippen LogP contribution in [0.4, 0.5) is 5.69 Å². The van der Waals surface area contributed by atoms with Crippen LogP contribution in [0, 0.1) is 0 Å². The quantitative estimate of drug-likeness (QED) is 0.532. The first-order valence-corrected chi connectivity index (χ1v) is 5.98. The van der Waals surface area contributed by atoms with Crippen LogP contribution in [-0.4, -0.2) is 42.4 Å². The Morgan fingerprint density at radius 1 is 1.25 bits per heavy atom. The second-order valence-electron chi connectivity index (χ2n) is 3.22. The van der Waals surface area contributed by atoms with Gasteiger partial charge in [-0.1, -0.05) is 0 Å². The first kappa shape index (κ1) is 12.9. The fraction of sp³-hybridized carbons (Fsp3) is 0.333. The van der Waals surface area contributed by atoms with Gasteiger partial charge >= 0.3 is 0 Å². The van der Waals surface area contributed by atoms with Gasteiger partial charge in [0.2, 0.25) is 0 Å². The second kappa shape index (κ2) is 5.26. The Morgan fingerprint density at radius 2 is 1.81 bits per heavy atom. The minimum Gasteiger partial charge on any atom is -0.394 e. The molecule has 4 N–H and O–H groups in total. The fourth-order valence-electron chi connectivity index (χ4n) is 1.04. The van der Waals surface area contributed by atoms with E-state index in [-0.39, 0.29) is 18.0 Å². The molecule has 1 rings (SSSR count). The topological polar surface area (TPSA) is 107 Å². The Morgan fingerprint density at radius 3 is 2.25 bits per heavy atom. The zero-order valence-corrected chi connectivity index (χ0v) is 9.18. The first-order valence-electron chi connectivity index (χ1n) is 4.54. The van der Waals surface area contributed by atoms with Gasteiger partial charge in [-0.3, -0.25) is 4.55 Å². The largest absolute Gasteiger partial charge is 0.394 e. The van der Waals surface area contributed by atoms with Crippen molar-refractivity contribution in [2.24, 2.45) is 0 Å².